The Labute approximate surface area is 125 Å². The van der Waals surface area contributed by atoms with Crippen molar-refractivity contribution in [2.24, 2.45) is 0 Å². The van der Waals surface area contributed by atoms with Crippen LogP contribution in [-0.2, 0) is 11.3 Å². The van der Waals surface area contributed by atoms with Gasteiger partial charge in [-0.15, -0.1) is 5.10 Å². The van der Waals surface area contributed by atoms with Crippen molar-refractivity contribution in [3.63, 3.8) is 0 Å². The molecule has 0 saturated heterocycles. The number of ether oxygens (including phenoxy) is 1. The Morgan fingerprint density at radius 1 is 1.57 bits per heavy atom. The zero-order valence-electron chi connectivity index (χ0n) is 12.1. The third kappa shape index (κ3) is 3.38. The number of carbonyl (C=O) groups is 1. The maximum Gasteiger partial charge on any atom is 0.373 e. The van der Waals surface area contributed by atoms with Crippen LogP contribution < -0.4 is 5.69 Å². The number of H-pyrrole nitrogens is 1. The normalized spacial score (nSPS) is 12.3. The molecule has 2 heterocycles. The van der Waals surface area contributed by atoms with Gasteiger partial charge in [-0.1, -0.05) is 18.7 Å². The van der Waals surface area contributed by atoms with Crippen molar-refractivity contribution in [3.8, 4) is 0 Å². The van der Waals surface area contributed by atoms with Crippen molar-refractivity contribution in [3.05, 3.63) is 34.1 Å². The molecule has 8 heteroatoms. The lowest BCUT2D eigenvalue weighted by Gasteiger charge is -2.08. The van der Waals surface area contributed by atoms with E-state index in [0.717, 1.165) is 6.42 Å². The molecule has 0 aliphatic heterocycles. The SMILES string of the molecule is CCCn1c(SC(C)c2ccc(C(=O)OC)o2)n[nH]c1=O. The summed E-state index contributed by atoms with van der Waals surface area (Å²) in [6.45, 7) is 4.52. The zero-order chi connectivity index (χ0) is 15.4. The molecule has 2 rings (SSSR count). The molecule has 0 aliphatic carbocycles. The van der Waals surface area contributed by atoms with Crippen molar-refractivity contribution in [2.75, 3.05) is 7.11 Å². The minimum atomic E-state index is -0.513. The first-order valence-electron chi connectivity index (χ1n) is 6.56. The summed E-state index contributed by atoms with van der Waals surface area (Å²) < 4.78 is 11.6. The number of esters is 1. The molecule has 0 bridgehead atoms. The van der Waals surface area contributed by atoms with Crippen molar-refractivity contribution in [1.82, 2.24) is 14.8 Å². The van der Waals surface area contributed by atoms with Gasteiger partial charge in [0.1, 0.15) is 5.76 Å². The second-order valence-corrected chi connectivity index (χ2v) is 5.72. The largest absolute Gasteiger partial charge is 0.463 e. The highest BCUT2D eigenvalue weighted by molar-refractivity contribution is 7.99. The predicted molar refractivity (Wildman–Crippen MR) is 77.5 cm³/mol. The lowest BCUT2D eigenvalue weighted by molar-refractivity contribution is 0.0563. The lowest BCUT2D eigenvalue weighted by atomic mass is 10.3. The number of hydrogen-bond donors (Lipinski definition) is 1. The van der Waals surface area contributed by atoms with Crippen LogP contribution in [0.25, 0.3) is 0 Å². The second-order valence-electron chi connectivity index (χ2n) is 4.42. The van der Waals surface area contributed by atoms with Gasteiger partial charge in [-0.2, -0.15) is 0 Å². The van der Waals surface area contributed by atoms with Gasteiger partial charge < -0.3 is 9.15 Å². The standard InChI is InChI=1S/C13H17N3O4S/c1-4-7-16-12(18)14-15-13(16)21-8(2)9-5-6-10(20-9)11(17)19-3/h5-6,8H,4,7H2,1-3H3,(H,14,18). The molecule has 21 heavy (non-hydrogen) atoms. The molecule has 1 N–H and O–H groups in total. The number of nitrogens with zero attached hydrogens (tertiary/aromatic N) is 2. The van der Waals surface area contributed by atoms with E-state index in [1.54, 1.807) is 16.7 Å². The average Bonchev–Trinajstić information content (AvgIpc) is 3.08. The van der Waals surface area contributed by atoms with Gasteiger partial charge in [0.15, 0.2) is 5.16 Å². The van der Waals surface area contributed by atoms with Crippen molar-refractivity contribution >= 4 is 17.7 Å². The molecule has 0 saturated carbocycles. The molecule has 2 aromatic heterocycles. The quantitative estimate of drug-likeness (QED) is 0.650. The topological polar surface area (TPSA) is 90.1 Å². The number of carbonyl (C=O) groups excluding carboxylic acids is 1. The molecule has 2 aromatic rings. The Bertz CT molecular complexity index is 673. The number of nitrogens with one attached hydrogen (secondary N) is 1. The molecule has 7 nitrogen and oxygen atoms in total. The second kappa shape index (κ2) is 6.66. The minimum absolute atomic E-state index is 0.0887. The Kier molecular flexibility index (Phi) is 4.89. The molecule has 1 atom stereocenters. The van der Waals surface area contributed by atoms with Gasteiger partial charge in [-0.3, -0.25) is 4.57 Å². The van der Waals surface area contributed by atoms with E-state index < -0.39 is 5.97 Å². The lowest BCUT2D eigenvalue weighted by Crippen LogP contribution is -2.17. The van der Waals surface area contributed by atoms with Crippen LogP contribution in [0.1, 0.15) is 41.8 Å². The summed E-state index contributed by atoms with van der Waals surface area (Å²) in [5, 5.41) is 6.97. The number of hydrogen-bond acceptors (Lipinski definition) is 6. The Morgan fingerprint density at radius 2 is 2.33 bits per heavy atom. The van der Waals surface area contributed by atoms with E-state index in [1.165, 1.54) is 18.9 Å². The molecule has 0 aromatic carbocycles. The Morgan fingerprint density at radius 3 is 3.00 bits per heavy atom. The third-order valence-corrected chi connectivity index (χ3v) is 3.98. The number of aromatic amines is 1. The summed E-state index contributed by atoms with van der Waals surface area (Å²) in [7, 11) is 1.30. The summed E-state index contributed by atoms with van der Waals surface area (Å²) in [5.74, 6) is 0.271. The van der Waals surface area contributed by atoms with E-state index in [2.05, 4.69) is 14.9 Å². The van der Waals surface area contributed by atoms with Gasteiger partial charge in [0.05, 0.1) is 12.4 Å². The molecule has 0 radical (unpaired) electrons. The maximum atomic E-state index is 11.6. The van der Waals surface area contributed by atoms with Gasteiger partial charge in [-0.05, 0) is 25.5 Å². The van der Waals surface area contributed by atoms with Crippen LogP contribution in [0.2, 0.25) is 0 Å². The highest BCUT2D eigenvalue weighted by Gasteiger charge is 2.19. The fraction of sp³-hybridized carbons (Fsp3) is 0.462. The molecule has 0 aliphatic rings. The monoisotopic (exact) mass is 311 g/mol. The molecular formula is C13H17N3O4S. The molecule has 114 valence electrons. The first kappa shape index (κ1) is 15.4. The zero-order valence-corrected chi connectivity index (χ0v) is 12.9. The maximum absolute atomic E-state index is 11.6. The van der Waals surface area contributed by atoms with Gasteiger partial charge >= 0.3 is 11.7 Å². The first-order valence-corrected chi connectivity index (χ1v) is 7.44. The summed E-state index contributed by atoms with van der Waals surface area (Å²) in [5.41, 5.74) is -0.221. The first-order chi connectivity index (χ1) is 10.1. The Balaban J connectivity index is 2.14. The fourth-order valence-electron chi connectivity index (χ4n) is 1.81. The fourth-order valence-corrected chi connectivity index (χ4v) is 2.77. The number of furan rings is 1. The number of thioether (sulfide) groups is 1. The highest BCUT2D eigenvalue weighted by atomic mass is 32.2. The third-order valence-electron chi connectivity index (χ3n) is 2.87. The summed E-state index contributed by atoms with van der Waals surface area (Å²) >= 11 is 1.39. The van der Waals surface area contributed by atoms with Crippen LogP contribution in [0.3, 0.4) is 0 Å². The van der Waals surface area contributed by atoms with E-state index in [1.807, 2.05) is 13.8 Å². The van der Waals surface area contributed by atoms with Gasteiger partial charge in [-0.25, -0.2) is 14.7 Å². The summed E-state index contributed by atoms with van der Waals surface area (Å²) in [6, 6.07) is 3.29. The van der Waals surface area contributed by atoms with Crippen LogP contribution in [0.5, 0.6) is 0 Å². The average molecular weight is 311 g/mol. The number of aromatic nitrogens is 3. The number of methoxy groups -OCH3 is 1. The van der Waals surface area contributed by atoms with Crippen molar-refractivity contribution in [1.29, 1.82) is 0 Å². The molecule has 1 unspecified atom stereocenters. The van der Waals surface area contributed by atoms with E-state index >= 15 is 0 Å². The van der Waals surface area contributed by atoms with Gasteiger partial charge in [0, 0.05) is 6.54 Å². The smallest absolute Gasteiger partial charge is 0.373 e. The highest BCUT2D eigenvalue weighted by Crippen LogP contribution is 2.34. The van der Waals surface area contributed by atoms with Crippen molar-refractivity contribution < 1.29 is 13.9 Å². The predicted octanol–water partition coefficient (Wildman–Crippen LogP) is 2.21. The van der Waals surface area contributed by atoms with Crippen LogP contribution in [0.15, 0.2) is 26.5 Å². The van der Waals surface area contributed by atoms with Crippen LogP contribution in [-0.4, -0.2) is 27.8 Å². The Hall–Kier alpha value is -1.96. The van der Waals surface area contributed by atoms with E-state index in [0.29, 0.717) is 17.5 Å². The van der Waals surface area contributed by atoms with Gasteiger partial charge in [0.25, 0.3) is 0 Å². The number of rotatable bonds is 6. The molecule has 0 amide bonds. The van der Waals surface area contributed by atoms with Crippen LogP contribution in [0.4, 0.5) is 0 Å². The van der Waals surface area contributed by atoms with Gasteiger partial charge in [0.2, 0.25) is 5.76 Å². The van der Waals surface area contributed by atoms with Crippen LogP contribution in [0, 0.1) is 0 Å². The molecular weight excluding hydrogens is 294 g/mol. The van der Waals surface area contributed by atoms with E-state index in [9.17, 15) is 9.59 Å². The van der Waals surface area contributed by atoms with Crippen LogP contribution >= 0.6 is 11.8 Å². The summed E-state index contributed by atoms with van der Waals surface area (Å²) in [6.07, 6.45) is 0.842. The molecule has 0 fully saturated rings. The molecule has 0 spiro atoms. The minimum Gasteiger partial charge on any atom is -0.463 e. The summed E-state index contributed by atoms with van der Waals surface area (Å²) in [4.78, 5) is 23.0. The van der Waals surface area contributed by atoms with Crippen molar-refractivity contribution in [2.45, 2.75) is 37.2 Å². The van der Waals surface area contributed by atoms with E-state index in [-0.39, 0.29) is 16.7 Å². The van der Waals surface area contributed by atoms with E-state index in [4.69, 9.17) is 4.42 Å².